The molecule has 2 fully saturated rings. The maximum absolute atomic E-state index is 12.9. The molecule has 0 radical (unpaired) electrons. The molecule has 3 aliphatic rings. The second-order valence-corrected chi connectivity index (χ2v) is 10.2. The van der Waals surface area contributed by atoms with E-state index in [0.717, 1.165) is 62.3 Å². The van der Waals surface area contributed by atoms with Crippen LogP contribution in [0.5, 0.6) is 0 Å². The number of carbonyl (C=O) groups excluding carboxylic acids is 1. The lowest BCUT2D eigenvalue weighted by Gasteiger charge is -2.43. The highest BCUT2D eigenvalue weighted by Crippen LogP contribution is 2.26. The average molecular weight is 460 g/mol. The monoisotopic (exact) mass is 459 g/mol. The fourth-order valence-electron chi connectivity index (χ4n) is 5.14. The first-order chi connectivity index (χ1) is 16.6. The zero-order chi connectivity index (χ0) is 23.5. The van der Waals surface area contributed by atoms with E-state index >= 15 is 0 Å². The molecule has 0 spiro atoms. The van der Waals surface area contributed by atoms with Gasteiger partial charge in [-0.15, -0.1) is 0 Å². The van der Waals surface area contributed by atoms with Crippen molar-refractivity contribution in [2.75, 3.05) is 44.2 Å². The highest BCUT2D eigenvalue weighted by Gasteiger charge is 2.29. The smallest absolute Gasteiger partial charge is 0.246 e. The molecule has 1 aliphatic carbocycles. The lowest BCUT2D eigenvalue weighted by atomic mass is 9.91. The number of aromatic nitrogens is 2. The van der Waals surface area contributed by atoms with E-state index in [1.54, 1.807) is 6.08 Å². The maximum Gasteiger partial charge on any atom is 0.246 e. The first-order valence-corrected chi connectivity index (χ1v) is 13.0. The standard InChI is InChI=1S/C28H37N5O/c1-21(2)23-9-6-22(7-10-23)8-11-27(34)32-14-12-24-20-29-28(30-26(24)13-15-32)33-18-16-31(17-19-33)25-4-3-5-25/h6-11,20-21,25H,3-5,12-19H2,1-2H3/b11-8+. The summed E-state index contributed by atoms with van der Waals surface area (Å²) in [6.45, 7) is 10.0. The first kappa shape index (κ1) is 23.0. The summed E-state index contributed by atoms with van der Waals surface area (Å²) >= 11 is 0. The number of anilines is 1. The number of hydrogen-bond acceptors (Lipinski definition) is 5. The molecule has 2 aromatic rings. The van der Waals surface area contributed by atoms with Gasteiger partial charge in [-0.2, -0.15) is 0 Å². The van der Waals surface area contributed by atoms with Gasteiger partial charge in [-0.3, -0.25) is 9.69 Å². The van der Waals surface area contributed by atoms with E-state index in [1.165, 1.54) is 30.4 Å². The van der Waals surface area contributed by atoms with Crippen molar-refractivity contribution in [3.63, 3.8) is 0 Å². The topological polar surface area (TPSA) is 52.6 Å². The Labute approximate surface area is 203 Å². The van der Waals surface area contributed by atoms with Crippen molar-refractivity contribution in [1.82, 2.24) is 19.8 Å². The predicted molar refractivity (Wildman–Crippen MR) is 137 cm³/mol. The summed E-state index contributed by atoms with van der Waals surface area (Å²) in [6.07, 6.45) is 11.3. The van der Waals surface area contributed by atoms with E-state index in [4.69, 9.17) is 9.97 Å². The highest BCUT2D eigenvalue weighted by molar-refractivity contribution is 5.91. The van der Waals surface area contributed by atoms with Crippen LogP contribution in [0.2, 0.25) is 0 Å². The largest absolute Gasteiger partial charge is 0.338 e. The highest BCUT2D eigenvalue weighted by atomic mass is 16.2. The van der Waals surface area contributed by atoms with Crippen molar-refractivity contribution in [1.29, 1.82) is 0 Å². The van der Waals surface area contributed by atoms with Gasteiger partial charge in [0, 0.05) is 64.0 Å². The minimum absolute atomic E-state index is 0.0704. The molecule has 1 saturated heterocycles. The molecule has 6 nitrogen and oxygen atoms in total. The van der Waals surface area contributed by atoms with Crippen LogP contribution in [-0.2, 0) is 17.6 Å². The Hall–Kier alpha value is -2.73. The van der Waals surface area contributed by atoms with Crippen molar-refractivity contribution in [3.8, 4) is 0 Å². The van der Waals surface area contributed by atoms with Crippen LogP contribution in [0.4, 0.5) is 5.95 Å². The van der Waals surface area contributed by atoms with Gasteiger partial charge in [0.15, 0.2) is 0 Å². The number of benzene rings is 1. The Balaban J connectivity index is 1.17. The Morgan fingerprint density at radius 1 is 1.00 bits per heavy atom. The number of piperazine rings is 1. The molecule has 1 aromatic heterocycles. The van der Waals surface area contributed by atoms with Crippen molar-refractivity contribution >= 4 is 17.9 Å². The second-order valence-electron chi connectivity index (χ2n) is 10.2. The van der Waals surface area contributed by atoms with Gasteiger partial charge < -0.3 is 9.80 Å². The number of rotatable bonds is 5. The van der Waals surface area contributed by atoms with Crippen LogP contribution in [-0.4, -0.2) is 71.0 Å². The molecule has 6 heteroatoms. The fraction of sp³-hybridized carbons (Fsp3) is 0.536. The minimum atomic E-state index is 0.0704. The zero-order valence-electron chi connectivity index (χ0n) is 20.6. The maximum atomic E-state index is 12.9. The van der Waals surface area contributed by atoms with E-state index in [0.29, 0.717) is 19.0 Å². The number of amides is 1. The van der Waals surface area contributed by atoms with Gasteiger partial charge in [-0.25, -0.2) is 9.97 Å². The van der Waals surface area contributed by atoms with E-state index < -0.39 is 0 Å². The number of carbonyl (C=O) groups is 1. The molecule has 0 unspecified atom stereocenters. The molecule has 0 atom stereocenters. The molecule has 34 heavy (non-hydrogen) atoms. The van der Waals surface area contributed by atoms with Gasteiger partial charge in [0.2, 0.25) is 11.9 Å². The van der Waals surface area contributed by atoms with E-state index in [2.05, 4.69) is 47.9 Å². The van der Waals surface area contributed by atoms with Gasteiger partial charge >= 0.3 is 0 Å². The van der Waals surface area contributed by atoms with Gasteiger partial charge in [-0.05, 0) is 47.9 Å². The first-order valence-electron chi connectivity index (χ1n) is 13.0. The quantitative estimate of drug-likeness (QED) is 0.635. The minimum Gasteiger partial charge on any atom is -0.338 e. The summed E-state index contributed by atoms with van der Waals surface area (Å²) in [5.41, 5.74) is 4.66. The summed E-state index contributed by atoms with van der Waals surface area (Å²) in [6, 6.07) is 9.26. The predicted octanol–water partition coefficient (Wildman–Crippen LogP) is 3.92. The van der Waals surface area contributed by atoms with Crippen molar-refractivity contribution in [3.05, 3.63) is 58.9 Å². The third-order valence-electron chi connectivity index (χ3n) is 7.73. The fourth-order valence-corrected chi connectivity index (χ4v) is 5.14. The lowest BCUT2D eigenvalue weighted by molar-refractivity contribution is -0.125. The van der Waals surface area contributed by atoms with Crippen LogP contribution in [0.3, 0.4) is 0 Å². The summed E-state index contributed by atoms with van der Waals surface area (Å²) in [5, 5.41) is 0. The molecule has 1 amide bonds. The molecule has 5 rings (SSSR count). The van der Waals surface area contributed by atoms with Crippen LogP contribution in [0.15, 0.2) is 36.5 Å². The Kier molecular flexibility index (Phi) is 6.95. The van der Waals surface area contributed by atoms with Crippen molar-refractivity contribution < 1.29 is 4.79 Å². The van der Waals surface area contributed by atoms with Crippen molar-refractivity contribution in [2.24, 2.45) is 0 Å². The second kappa shape index (κ2) is 10.3. The van der Waals surface area contributed by atoms with Gasteiger partial charge in [0.05, 0.1) is 5.69 Å². The lowest BCUT2D eigenvalue weighted by Crippen LogP contribution is -2.52. The normalized spacial score (nSPS) is 19.9. The molecule has 1 saturated carbocycles. The summed E-state index contributed by atoms with van der Waals surface area (Å²) in [4.78, 5) is 29.4. The van der Waals surface area contributed by atoms with Gasteiger partial charge in [-0.1, -0.05) is 44.5 Å². The van der Waals surface area contributed by atoms with Crippen LogP contribution in [0.25, 0.3) is 6.08 Å². The summed E-state index contributed by atoms with van der Waals surface area (Å²) in [7, 11) is 0. The van der Waals surface area contributed by atoms with Crippen LogP contribution >= 0.6 is 0 Å². The summed E-state index contributed by atoms with van der Waals surface area (Å²) < 4.78 is 0. The SMILES string of the molecule is CC(C)c1ccc(/C=C/C(=O)N2CCc3cnc(N4CCN(C5CCC5)CC4)nc3CC2)cc1. The van der Waals surface area contributed by atoms with E-state index in [-0.39, 0.29) is 5.91 Å². The molecule has 0 bridgehead atoms. The van der Waals surface area contributed by atoms with Gasteiger partial charge in [0.25, 0.3) is 0 Å². The van der Waals surface area contributed by atoms with Crippen molar-refractivity contribution in [2.45, 2.75) is 57.9 Å². The molecular formula is C28H37N5O. The van der Waals surface area contributed by atoms with Gasteiger partial charge in [0.1, 0.15) is 0 Å². The Morgan fingerprint density at radius 2 is 1.74 bits per heavy atom. The zero-order valence-corrected chi connectivity index (χ0v) is 20.6. The number of hydrogen-bond donors (Lipinski definition) is 0. The van der Waals surface area contributed by atoms with Crippen LogP contribution < -0.4 is 4.90 Å². The third kappa shape index (κ3) is 5.17. The third-order valence-corrected chi connectivity index (χ3v) is 7.73. The molecule has 180 valence electrons. The van der Waals surface area contributed by atoms with Crippen LogP contribution in [0.1, 0.15) is 61.4 Å². The molecule has 2 aliphatic heterocycles. The molecule has 3 heterocycles. The van der Waals surface area contributed by atoms with E-state index in [1.807, 2.05) is 17.2 Å². The average Bonchev–Trinajstić information content (AvgIpc) is 3.04. The molecule has 1 aromatic carbocycles. The number of fused-ring (bicyclic) bond motifs is 1. The van der Waals surface area contributed by atoms with Crippen LogP contribution in [0, 0.1) is 0 Å². The molecular weight excluding hydrogens is 422 g/mol. The van der Waals surface area contributed by atoms with E-state index in [9.17, 15) is 4.79 Å². The molecule has 0 N–H and O–H groups in total. The Bertz CT molecular complexity index is 1020. The summed E-state index contributed by atoms with van der Waals surface area (Å²) in [5.74, 6) is 1.44. The number of nitrogens with zero attached hydrogens (tertiary/aromatic N) is 5. The Morgan fingerprint density at radius 3 is 2.41 bits per heavy atom.